The van der Waals surface area contributed by atoms with Crippen LogP contribution < -0.4 is 4.72 Å². The summed E-state index contributed by atoms with van der Waals surface area (Å²) in [4.78, 5) is 29.4. The Kier molecular flexibility index (Phi) is 5.70. The second-order valence-corrected chi connectivity index (χ2v) is 11.9. The van der Waals surface area contributed by atoms with E-state index in [1.54, 1.807) is 24.1 Å². The maximum atomic E-state index is 13.5. The summed E-state index contributed by atoms with van der Waals surface area (Å²) in [6.07, 6.45) is 5.43. The van der Waals surface area contributed by atoms with Crippen molar-refractivity contribution < 1.29 is 22.4 Å². The van der Waals surface area contributed by atoms with Gasteiger partial charge in [-0.25, -0.2) is 17.6 Å². The summed E-state index contributed by atoms with van der Waals surface area (Å²) in [5.41, 5.74) is 0.155. The molecular formula is C22H21FN6O4S2. The van der Waals surface area contributed by atoms with Crippen LogP contribution in [0.2, 0.25) is 0 Å². The third kappa shape index (κ3) is 4.44. The SMILES string of the molecule is Cn1cc(CN2C(=O)C3C=C(S(=O)(=O)NC4(C#N)CC4)SC3N(Cc3ccc(F)cc3)C2=O)cn1. The molecule has 1 aromatic carbocycles. The van der Waals surface area contributed by atoms with Crippen LogP contribution in [0.1, 0.15) is 24.0 Å². The van der Waals surface area contributed by atoms with Crippen LogP contribution in [0.25, 0.3) is 0 Å². The maximum absolute atomic E-state index is 13.5. The minimum absolute atomic E-state index is 0.0228. The number of halogens is 1. The quantitative estimate of drug-likeness (QED) is 0.596. The summed E-state index contributed by atoms with van der Waals surface area (Å²) < 4.78 is 43.4. The lowest BCUT2D eigenvalue weighted by atomic mass is 10.0. The van der Waals surface area contributed by atoms with Crippen LogP contribution in [0.15, 0.2) is 47.0 Å². The monoisotopic (exact) mass is 516 g/mol. The molecule has 2 fully saturated rings. The molecule has 3 heterocycles. The van der Waals surface area contributed by atoms with E-state index >= 15 is 0 Å². The first-order valence-electron chi connectivity index (χ1n) is 10.8. The number of urea groups is 1. The molecule has 0 spiro atoms. The number of thioether (sulfide) groups is 1. The first-order valence-corrected chi connectivity index (χ1v) is 13.1. The van der Waals surface area contributed by atoms with Gasteiger partial charge in [0.15, 0.2) is 0 Å². The lowest BCUT2D eigenvalue weighted by Gasteiger charge is -2.41. The zero-order chi connectivity index (χ0) is 25.0. The van der Waals surface area contributed by atoms with Gasteiger partial charge in [0, 0.05) is 25.4 Å². The molecule has 0 radical (unpaired) electrons. The fourth-order valence-corrected chi connectivity index (χ4v) is 7.31. The molecule has 13 heteroatoms. The zero-order valence-corrected chi connectivity index (χ0v) is 20.2. The Labute approximate surface area is 205 Å². The molecular weight excluding hydrogens is 495 g/mol. The van der Waals surface area contributed by atoms with Crippen LogP contribution in [0, 0.1) is 23.1 Å². The number of nitrogens with one attached hydrogen (secondary N) is 1. The second kappa shape index (κ2) is 8.47. The smallest absolute Gasteiger partial charge is 0.306 e. The van der Waals surface area contributed by atoms with Gasteiger partial charge < -0.3 is 4.90 Å². The van der Waals surface area contributed by atoms with E-state index in [9.17, 15) is 27.7 Å². The third-order valence-corrected chi connectivity index (χ3v) is 9.55. The van der Waals surface area contributed by atoms with E-state index < -0.39 is 44.6 Å². The normalized spacial score (nSPS) is 23.2. The maximum Gasteiger partial charge on any atom is 0.328 e. The van der Waals surface area contributed by atoms with Crippen LogP contribution in [0.4, 0.5) is 9.18 Å². The number of hydrogen-bond acceptors (Lipinski definition) is 7. The Morgan fingerprint density at radius 1 is 1.23 bits per heavy atom. The molecule has 1 aliphatic carbocycles. The highest BCUT2D eigenvalue weighted by atomic mass is 32.3. The van der Waals surface area contributed by atoms with Crippen LogP contribution in [-0.4, -0.2) is 50.8 Å². The van der Waals surface area contributed by atoms with Gasteiger partial charge in [-0.15, -0.1) is 0 Å². The van der Waals surface area contributed by atoms with E-state index in [0.717, 1.165) is 16.7 Å². The summed E-state index contributed by atoms with van der Waals surface area (Å²) in [6.45, 7) is 0.0336. The molecule has 2 atom stereocenters. The number of nitrogens with zero attached hydrogens (tertiary/aromatic N) is 5. The van der Waals surface area contributed by atoms with Gasteiger partial charge in [-0.3, -0.25) is 14.4 Å². The van der Waals surface area contributed by atoms with Crippen LogP contribution >= 0.6 is 11.8 Å². The second-order valence-electron chi connectivity index (χ2n) is 8.80. The summed E-state index contributed by atoms with van der Waals surface area (Å²) in [5.74, 6) is -1.84. The topological polar surface area (TPSA) is 128 Å². The molecule has 10 nitrogen and oxygen atoms in total. The Morgan fingerprint density at radius 3 is 2.54 bits per heavy atom. The molecule has 0 bridgehead atoms. The molecule has 5 rings (SSSR count). The molecule has 3 amide bonds. The standard InChI is InChI=1S/C22H21FN6O4S2/c1-27-10-15(9-25-27)12-28-19(30)17-8-18(35(32,33)26-22(13-24)6-7-22)34-20(17)29(21(28)31)11-14-2-4-16(23)5-3-14/h2-5,8-10,17,20,26H,6-7,11-12H2,1H3. The Bertz CT molecular complexity index is 1380. The lowest BCUT2D eigenvalue weighted by Crippen LogP contribution is -2.58. The van der Waals surface area contributed by atoms with E-state index in [2.05, 4.69) is 9.82 Å². The van der Waals surface area contributed by atoms with Crippen LogP contribution in [0.5, 0.6) is 0 Å². The van der Waals surface area contributed by atoms with Crippen LogP contribution in [0.3, 0.4) is 0 Å². The summed E-state index contributed by atoms with van der Waals surface area (Å²) in [7, 11) is -2.34. The minimum atomic E-state index is -4.06. The Morgan fingerprint density at radius 2 is 1.94 bits per heavy atom. The highest BCUT2D eigenvalue weighted by Crippen LogP contribution is 2.46. The van der Waals surface area contributed by atoms with Crippen LogP contribution in [-0.2, 0) is 35.0 Å². The molecule has 1 saturated carbocycles. The van der Waals surface area contributed by atoms with Crippen molar-refractivity contribution in [1.29, 1.82) is 5.26 Å². The molecule has 1 N–H and O–H groups in total. The van der Waals surface area contributed by atoms with Crippen molar-refractivity contribution in [2.45, 2.75) is 36.8 Å². The molecule has 182 valence electrons. The summed E-state index contributed by atoms with van der Waals surface area (Å²) in [5, 5.41) is 12.6. The number of carbonyl (C=O) groups excluding carboxylic acids is 2. The Balaban J connectivity index is 1.47. The Hall–Kier alpha value is -3.21. The number of sulfonamides is 1. The fraction of sp³-hybridized carbons (Fsp3) is 0.364. The largest absolute Gasteiger partial charge is 0.328 e. The van der Waals surface area contributed by atoms with E-state index in [4.69, 9.17) is 0 Å². The number of aryl methyl sites for hydroxylation is 1. The fourth-order valence-electron chi connectivity index (χ4n) is 4.10. The third-order valence-electron chi connectivity index (χ3n) is 6.12. The predicted octanol–water partition coefficient (Wildman–Crippen LogP) is 2.03. The molecule has 2 unspecified atom stereocenters. The molecule has 35 heavy (non-hydrogen) atoms. The van der Waals surface area contributed by atoms with Gasteiger partial charge in [-0.1, -0.05) is 23.9 Å². The first kappa shape index (κ1) is 23.5. The first-order chi connectivity index (χ1) is 16.6. The van der Waals surface area contributed by atoms with Crippen molar-refractivity contribution in [3.63, 3.8) is 0 Å². The molecule has 1 saturated heterocycles. The average molecular weight is 517 g/mol. The van der Waals surface area contributed by atoms with Crippen molar-refractivity contribution in [3.05, 3.63) is 63.9 Å². The van der Waals surface area contributed by atoms with Gasteiger partial charge in [0.05, 0.1) is 24.7 Å². The van der Waals surface area contributed by atoms with Gasteiger partial charge in [-0.2, -0.15) is 15.1 Å². The minimum Gasteiger partial charge on any atom is -0.306 e. The van der Waals surface area contributed by atoms with Crippen molar-refractivity contribution in [1.82, 2.24) is 24.3 Å². The van der Waals surface area contributed by atoms with E-state index in [-0.39, 0.29) is 17.3 Å². The predicted molar refractivity (Wildman–Crippen MR) is 124 cm³/mol. The number of imide groups is 1. The van der Waals surface area contributed by atoms with E-state index in [1.807, 2.05) is 6.07 Å². The zero-order valence-electron chi connectivity index (χ0n) is 18.6. The molecule has 3 aliphatic rings. The van der Waals surface area contributed by atoms with Crippen molar-refractivity contribution >= 4 is 33.7 Å². The highest BCUT2D eigenvalue weighted by molar-refractivity contribution is 8.18. The molecule has 2 aromatic rings. The number of carbonyl (C=O) groups is 2. The van der Waals surface area contributed by atoms with Crippen molar-refractivity contribution in [3.8, 4) is 6.07 Å². The molecule has 1 aromatic heterocycles. The van der Waals surface area contributed by atoms with Gasteiger partial charge in [-0.05, 0) is 36.6 Å². The number of amides is 3. The van der Waals surface area contributed by atoms with Gasteiger partial charge in [0.2, 0.25) is 15.9 Å². The summed E-state index contributed by atoms with van der Waals surface area (Å²) >= 11 is 0.899. The van der Waals surface area contributed by atoms with Crippen molar-refractivity contribution in [2.75, 3.05) is 0 Å². The van der Waals surface area contributed by atoms with Crippen molar-refractivity contribution in [2.24, 2.45) is 13.0 Å². The van der Waals surface area contributed by atoms with E-state index in [0.29, 0.717) is 24.0 Å². The van der Waals surface area contributed by atoms with Gasteiger partial charge >= 0.3 is 6.03 Å². The number of rotatable bonds is 7. The average Bonchev–Trinajstić information content (AvgIpc) is 3.22. The number of aromatic nitrogens is 2. The highest BCUT2D eigenvalue weighted by Gasteiger charge is 2.53. The lowest BCUT2D eigenvalue weighted by molar-refractivity contribution is -0.135. The molecule has 2 aliphatic heterocycles. The summed E-state index contributed by atoms with van der Waals surface area (Å²) in [6, 6.07) is 7.03. The number of hydrogen-bond donors (Lipinski definition) is 1. The number of fused-ring (bicyclic) bond motifs is 1. The van der Waals surface area contributed by atoms with Gasteiger partial charge in [0.1, 0.15) is 21.0 Å². The number of nitriles is 1. The van der Waals surface area contributed by atoms with Gasteiger partial charge in [0.25, 0.3) is 0 Å². The van der Waals surface area contributed by atoms with E-state index in [1.165, 1.54) is 35.2 Å². The number of benzene rings is 1.